The van der Waals surface area contributed by atoms with Crippen LogP contribution in [0.15, 0.2) is 30.3 Å². The van der Waals surface area contributed by atoms with Crippen molar-refractivity contribution >= 4 is 11.6 Å². The van der Waals surface area contributed by atoms with E-state index in [0.717, 1.165) is 39.6 Å². The molecule has 3 heteroatoms. The zero-order valence-corrected chi connectivity index (χ0v) is 12.5. The van der Waals surface area contributed by atoms with E-state index in [1.54, 1.807) is 0 Å². The highest BCUT2D eigenvalue weighted by atomic mass is 35.5. The maximum atomic E-state index is 6.05. The van der Waals surface area contributed by atoms with Gasteiger partial charge < -0.3 is 9.47 Å². The first kappa shape index (κ1) is 13.3. The highest BCUT2D eigenvalue weighted by Gasteiger charge is 2.19. The number of ether oxygens (including phenoxy) is 2. The van der Waals surface area contributed by atoms with Gasteiger partial charge in [-0.05, 0) is 54.3 Å². The Bertz CT molecular complexity index is 650. The Labute approximate surface area is 124 Å². The Morgan fingerprint density at radius 2 is 1.85 bits per heavy atom. The number of hydrogen-bond donors (Lipinski definition) is 0. The fourth-order valence-electron chi connectivity index (χ4n) is 2.54. The van der Waals surface area contributed by atoms with Crippen molar-refractivity contribution in [2.45, 2.75) is 20.3 Å². The summed E-state index contributed by atoms with van der Waals surface area (Å²) >= 11 is 6.05. The molecule has 0 bridgehead atoms. The summed E-state index contributed by atoms with van der Waals surface area (Å²) in [6, 6.07) is 10.2. The van der Waals surface area contributed by atoms with Crippen molar-refractivity contribution in [2.24, 2.45) is 0 Å². The number of benzene rings is 2. The normalized spacial score (nSPS) is 13.3. The molecule has 0 atom stereocenters. The van der Waals surface area contributed by atoms with Gasteiger partial charge in [-0.2, -0.15) is 0 Å². The third kappa shape index (κ3) is 2.36. The van der Waals surface area contributed by atoms with Gasteiger partial charge in [-0.1, -0.05) is 24.6 Å². The molecule has 0 aliphatic carbocycles. The van der Waals surface area contributed by atoms with E-state index in [1.807, 2.05) is 18.2 Å². The summed E-state index contributed by atoms with van der Waals surface area (Å²) < 4.78 is 11.6. The van der Waals surface area contributed by atoms with Gasteiger partial charge in [0.1, 0.15) is 13.2 Å². The van der Waals surface area contributed by atoms with E-state index < -0.39 is 0 Å². The molecular formula is C17H17ClO2. The molecule has 0 aromatic heterocycles. The summed E-state index contributed by atoms with van der Waals surface area (Å²) in [5.74, 6) is 1.69. The van der Waals surface area contributed by atoms with E-state index in [0.29, 0.717) is 13.2 Å². The fourth-order valence-corrected chi connectivity index (χ4v) is 2.77. The Morgan fingerprint density at radius 3 is 2.60 bits per heavy atom. The lowest BCUT2D eigenvalue weighted by molar-refractivity contribution is 0.172. The van der Waals surface area contributed by atoms with E-state index in [1.165, 1.54) is 5.56 Å². The molecule has 2 nitrogen and oxygen atoms in total. The molecule has 2 aromatic rings. The van der Waals surface area contributed by atoms with Crippen LogP contribution in [0, 0.1) is 6.92 Å². The van der Waals surface area contributed by atoms with Crippen LogP contribution in [0.25, 0.3) is 11.1 Å². The van der Waals surface area contributed by atoms with Crippen LogP contribution >= 0.6 is 11.6 Å². The van der Waals surface area contributed by atoms with Crippen molar-refractivity contribution < 1.29 is 9.47 Å². The minimum Gasteiger partial charge on any atom is -0.486 e. The topological polar surface area (TPSA) is 18.5 Å². The lowest BCUT2D eigenvalue weighted by Crippen LogP contribution is -2.16. The SMILES string of the molecule is CCc1cc2c(c(-c3ccc(Cl)cc3C)c1)OCCO2. The van der Waals surface area contributed by atoms with Crippen LogP contribution in [0.1, 0.15) is 18.1 Å². The molecule has 0 saturated heterocycles. The summed E-state index contributed by atoms with van der Waals surface area (Å²) in [4.78, 5) is 0. The molecule has 0 spiro atoms. The average molecular weight is 289 g/mol. The quantitative estimate of drug-likeness (QED) is 0.801. The monoisotopic (exact) mass is 288 g/mol. The Kier molecular flexibility index (Phi) is 3.58. The number of halogens is 1. The van der Waals surface area contributed by atoms with Gasteiger partial charge in [0.05, 0.1) is 0 Å². The Hall–Kier alpha value is -1.67. The molecule has 0 radical (unpaired) electrons. The average Bonchev–Trinajstić information content (AvgIpc) is 2.46. The van der Waals surface area contributed by atoms with Crippen molar-refractivity contribution in [1.29, 1.82) is 0 Å². The first-order chi connectivity index (χ1) is 9.69. The number of aryl methyl sites for hydroxylation is 2. The first-order valence-electron chi connectivity index (χ1n) is 6.88. The molecule has 104 valence electrons. The lowest BCUT2D eigenvalue weighted by Gasteiger charge is -2.23. The van der Waals surface area contributed by atoms with Gasteiger partial charge in [0.2, 0.25) is 0 Å². The molecule has 1 aliphatic rings. The van der Waals surface area contributed by atoms with E-state index in [-0.39, 0.29) is 0 Å². The van der Waals surface area contributed by atoms with Gasteiger partial charge in [0.15, 0.2) is 11.5 Å². The first-order valence-corrected chi connectivity index (χ1v) is 7.26. The predicted octanol–water partition coefficient (Wildman–Crippen LogP) is 4.65. The van der Waals surface area contributed by atoms with Gasteiger partial charge in [0, 0.05) is 10.6 Å². The standard InChI is InChI=1S/C17H17ClO2/c1-3-12-9-15(14-5-4-13(18)8-11(14)2)17-16(10-12)19-6-7-20-17/h4-5,8-10H,3,6-7H2,1-2H3. The summed E-state index contributed by atoms with van der Waals surface area (Å²) in [7, 11) is 0. The molecular weight excluding hydrogens is 272 g/mol. The van der Waals surface area contributed by atoms with Gasteiger partial charge in [-0.25, -0.2) is 0 Å². The highest BCUT2D eigenvalue weighted by molar-refractivity contribution is 6.30. The Balaban J connectivity index is 2.21. The van der Waals surface area contributed by atoms with Crippen molar-refractivity contribution in [3.63, 3.8) is 0 Å². The van der Waals surface area contributed by atoms with E-state index >= 15 is 0 Å². The minimum atomic E-state index is 0.595. The minimum absolute atomic E-state index is 0.595. The van der Waals surface area contributed by atoms with Crippen LogP contribution in [-0.2, 0) is 6.42 Å². The van der Waals surface area contributed by atoms with Crippen molar-refractivity contribution in [3.8, 4) is 22.6 Å². The second-order valence-electron chi connectivity index (χ2n) is 4.98. The van der Waals surface area contributed by atoms with Crippen molar-refractivity contribution in [2.75, 3.05) is 13.2 Å². The number of rotatable bonds is 2. The largest absolute Gasteiger partial charge is 0.486 e. The number of hydrogen-bond acceptors (Lipinski definition) is 2. The smallest absolute Gasteiger partial charge is 0.169 e. The van der Waals surface area contributed by atoms with Gasteiger partial charge >= 0.3 is 0 Å². The van der Waals surface area contributed by atoms with E-state index in [4.69, 9.17) is 21.1 Å². The van der Waals surface area contributed by atoms with Crippen molar-refractivity contribution in [3.05, 3.63) is 46.5 Å². The van der Waals surface area contributed by atoms with Crippen LogP contribution in [-0.4, -0.2) is 13.2 Å². The Morgan fingerprint density at radius 1 is 1.05 bits per heavy atom. The van der Waals surface area contributed by atoms with E-state index in [2.05, 4.69) is 26.0 Å². The summed E-state index contributed by atoms with van der Waals surface area (Å²) in [5, 5.41) is 0.754. The molecule has 2 aromatic carbocycles. The van der Waals surface area contributed by atoms with E-state index in [9.17, 15) is 0 Å². The van der Waals surface area contributed by atoms with Crippen LogP contribution in [0.4, 0.5) is 0 Å². The summed E-state index contributed by atoms with van der Waals surface area (Å²) in [6.45, 7) is 5.41. The van der Waals surface area contributed by atoms with Gasteiger partial charge in [0.25, 0.3) is 0 Å². The maximum absolute atomic E-state index is 6.05. The van der Waals surface area contributed by atoms with Crippen LogP contribution in [0.2, 0.25) is 5.02 Å². The second-order valence-corrected chi connectivity index (χ2v) is 5.42. The van der Waals surface area contributed by atoms with Crippen LogP contribution in [0.5, 0.6) is 11.5 Å². The predicted molar refractivity (Wildman–Crippen MR) is 82.0 cm³/mol. The third-order valence-electron chi connectivity index (χ3n) is 3.59. The zero-order valence-electron chi connectivity index (χ0n) is 11.7. The summed E-state index contributed by atoms with van der Waals surface area (Å²) in [6.07, 6.45) is 0.969. The van der Waals surface area contributed by atoms with Gasteiger partial charge in [-0.15, -0.1) is 0 Å². The number of fused-ring (bicyclic) bond motifs is 1. The second kappa shape index (κ2) is 5.37. The maximum Gasteiger partial charge on any atom is 0.169 e. The molecule has 0 fully saturated rings. The molecule has 0 saturated carbocycles. The molecule has 1 heterocycles. The molecule has 0 N–H and O–H groups in total. The molecule has 1 aliphatic heterocycles. The third-order valence-corrected chi connectivity index (χ3v) is 3.82. The zero-order chi connectivity index (χ0) is 14.1. The molecule has 0 amide bonds. The molecule has 3 rings (SSSR count). The van der Waals surface area contributed by atoms with Crippen LogP contribution < -0.4 is 9.47 Å². The molecule has 0 unspecified atom stereocenters. The van der Waals surface area contributed by atoms with Gasteiger partial charge in [-0.3, -0.25) is 0 Å². The highest BCUT2D eigenvalue weighted by Crippen LogP contribution is 2.42. The van der Waals surface area contributed by atoms with Crippen LogP contribution in [0.3, 0.4) is 0 Å². The van der Waals surface area contributed by atoms with Crippen molar-refractivity contribution in [1.82, 2.24) is 0 Å². The lowest BCUT2D eigenvalue weighted by atomic mass is 9.96. The fraction of sp³-hybridized carbons (Fsp3) is 0.294. The molecule has 20 heavy (non-hydrogen) atoms. The summed E-state index contributed by atoms with van der Waals surface area (Å²) in [5.41, 5.74) is 4.63.